The summed E-state index contributed by atoms with van der Waals surface area (Å²) in [7, 11) is 0. The lowest BCUT2D eigenvalue weighted by molar-refractivity contribution is -0.173. The predicted molar refractivity (Wildman–Crippen MR) is 53.1 cm³/mol. The van der Waals surface area contributed by atoms with Crippen molar-refractivity contribution in [2.24, 2.45) is 5.41 Å². The molecular weight excluding hydrogens is 200 g/mol. The van der Waals surface area contributed by atoms with E-state index in [1.807, 2.05) is 0 Å². The molecular formula is C10H18O5. The minimum Gasteiger partial charge on any atom is -0.465 e. The first-order chi connectivity index (χ1) is 6.87. The minimum atomic E-state index is -1.50. The second kappa shape index (κ2) is 5.70. The third kappa shape index (κ3) is 3.51. The molecule has 0 aliphatic rings. The van der Waals surface area contributed by atoms with Gasteiger partial charge in [-0.05, 0) is 27.7 Å². The number of carbonyl (C=O) groups excluding carboxylic acids is 2. The number of aliphatic hydroxyl groups excluding tert-OH is 1. The highest BCUT2D eigenvalue weighted by Gasteiger charge is 2.42. The summed E-state index contributed by atoms with van der Waals surface area (Å²) in [4.78, 5) is 22.6. The van der Waals surface area contributed by atoms with Crippen LogP contribution < -0.4 is 0 Å². The fourth-order valence-corrected chi connectivity index (χ4v) is 0.945. The van der Waals surface area contributed by atoms with Gasteiger partial charge in [0.15, 0.2) is 6.10 Å². The summed E-state index contributed by atoms with van der Waals surface area (Å²) in [5, 5.41) is 9.60. The van der Waals surface area contributed by atoms with E-state index in [0.717, 1.165) is 0 Å². The molecule has 0 rings (SSSR count). The van der Waals surface area contributed by atoms with Gasteiger partial charge in [0, 0.05) is 0 Å². The molecule has 0 fully saturated rings. The Kier molecular flexibility index (Phi) is 5.28. The number of aliphatic hydroxyl groups is 1. The minimum absolute atomic E-state index is 0.162. The van der Waals surface area contributed by atoms with Crippen molar-refractivity contribution in [1.82, 2.24) is 0 Å². The van der Waals surface area contributed by atoms with Gasteiger partial charge in [0.25, 0.3) is 0 Å². The third-order valence-electron chi connectivity index (χ3n) is 1.99. The summed E-state index contributed by atoms with van der Waals surface area (Å²) in [5.41, 5.74) is -1.29. The van der Waals surface area contributed by atoms with Crippen molar-refractivity contribution in [3.8, 4) is 0 Å². The van der Waals surface area contributed by atoms with Crippen LogP contribution in [0.15, 0.2) is 0 Å². The maximum absolute atomic E-state index is 11.4. The second-order valence-corrected chi connectivity index (χ2v) is 3.60. The second-order valence-electron chi connectivity index (χ2n) is 3.60. The van der Waals surface area contributed by atoms with Gasteiger partial charge in [-0.2, -0.15) is 0 Å². The number of hydrogen-bond acceptors (Lipinski definition) is 5. The molecule has 0 aliphatic heterocycles. The standard InChI is InChI=1S/C10H18O5/c1-5-14-8(12)7(11)10(3,4)9(13)15-6-2/h7,11H,5-6H2,1-4H3. The molecule has 15 heavy (non-hydrogen) atoms. The predicted octanol–water partition coefficient (Wildman–Crippen LogP) is 0.500. The summed E-state index contributed by atoms with van der Waals surface area (Å²) in [5.74, 6) is -1.43. The number of ether oxygens (including phenoxy) is 2. The van der Waals surface area contributed by atoms with Gasteiger partial charge in [0.2, 0.25) is 0 Å². The molecule has 0 radical (unpaired) electrons. The number of carbonyl (C=O) groups is 2. The highest BCUT2D eigenvalue weighted by atomic mass is 16.6. The molecule has 5 heteroatoms. The smallest absolute Gasteiger partial charge is 0.336 e. The van der Waals surface area contributed by atoms with E-state index in [-0.39, 0.29) is 13.2 Å². The van der Waals surface area contributed by atoms with E-state index >= 15 is 0 Å². The van der Waals surface area contributed by atoms with Crippen LogP contribution in [0.2, 0.25) is 0 Å². The lowest BCUT2D eigenvalue weighted by Gasteiger charge is -2.26. The van der Waals surface area contributed by atoms with Crippen molar-refractivity contribution >= 4 is 11.9 Å². The molecule has 0 heterocycles. The molecule has 0 aromatic rings. The summed E-state index contributed by atoms with van der Waals surface area (Å²) in [6.45, 7) is 6.53. The van der Waals surface area contributed by atoms with Gasteiger partial charge in [-0.25, -0.2) is 4.79 Å². The lowest BCUT2D eigenvalue weighted by Crippen LogP contribution is -2.44. The Labute approximate surface area is 89.4 Å². The van der Waals surface area contributed by atoms with Crippen molar-refractivity contribution in [2.75, 3.05) is 13.2 Å². The van der Waals surface area contributed by atoms with E-state index in [2.05, 4.69) is 4.74 Å². The topological polar surface area (TPSA) is 72.8 Å². The zero-order valence-corrected chi connectivity index (χ0v) is 9.57. The third-order valence-corrected chi connectivity index (χ3v) is 1.99. The van der Waals surface area contributed by atoms with Crippen molar-refractivity contribution < 1.29 is 24.2 Å². The lowest BCUT2D eigenvalue weighted by atomic mass is 9.86. The van der Waals surface area contributed by atoms with E-state index in [1.165, 1.54) is 13.8 Å². The first kappa shape index (κ1) is 13.9. The SMILES string of the molecule is CCOC(=O)C(O)C(C)(C)C(=O)OCC. The molecule has 0 amide bonds. The van der Waals surface area contributed by atoms with Gasteiger partial charge in [0.05, 0.1) is 18.6 Å². The average Bonchev–Trinajstić information content (AvgIpc) is 2.17. The van der Waals surface area contributed by atoms with Crippen molar-refractivity contribution in [3.63, 3.8) is 0 Å². The summed E-state index contributed by atoms with van der Waals surface area (Å²) >= 11 is 0. The molecule has 0 aliphatic carbocycles. The molecule has 1 N–H and O–H groups in total. The van der Waals surface area contributed by atoms with Gasteiger partial charge >= 0.3 is 11.9 Å². The molecule has 5 nitrogen and oxygen atoms in total. The Bertz CT molecular complexity index is 234. The van der Waals surface area contributed by atoms with Gasteiger partial charge in [0.1, 0.15) is 0 Å². The maximum Gasteiger partial charge on any atom is 0.336 e. The average molecular weight is 218 g/mol. The first-order valence-corrected chi connectivity index (χ1v) is 4.89. The summed E-state index contributed by atoms with van der Waals surface area (Å²) in [6.07, 6.45) is -1.50. The first-order valence-electron chi connectivity index (χ1n) is 4.89. The van der Waals surface area contributed by atoms with Crippen LogP contribution in [-0.4, -0.2) is 36.4 Å². The van der Waals surface area contributed by atoms with Gasteiger partial charge in [-0.15, -0.1) is 0 Å². The Morgan fingerprint density at radius 2 is 1.67 bits per heavy atom. The quantitative estimate of drug-likeness (QED) is 0.680. The number of hydrogen-bond donors (Lipinski definition) is 1. The monoisotopic (exact) mass is 218 g/mol. The van der Waals surface area contributed by atoms with Crippen LogP contribution in [-0.2, 0) is 19.1 Å². The molecule has 0 aromatic heterocycles. The van der Waals surface area contributed by atoms with Crippen molar-refractivity contribution in [3.05, 3.63) is 0 Å². The number of rotatable bonds is 5. The Balaban J connectivity index is 4.56. The number of esters is 2. The fraction of sp³-hybridized carbons (Fsp3) is 0.800. The maximum atomic E-state index is 11.4. The molecule has 88 valence electrons. The molecule has 1 unspecified atom stereocenters. The Morgan fingerprint density at radius 3 is 2.07 bits per heavy atom. The zero-order valence-electron chi connectivity index (χ0n) is 9.57. The van der Waals surface area contributed by atoms with Crippen LogP contribution in [0.1, 0.15) is 27.7 Å². The van der Waals surface area contributed by atoms with Gasteiger partial charge in [-0.3, -0.25) is 4.79 Å². The van der Waals surface area contributed by atoms with Crippen LogP contribution in [0.3, 0.4) is 0 Å². The van der Waals surface area contributed by atoms with Gasteiger partial charge < -0.3 is 14.6 Å². The van der Waals surface area contributed by atoms with Crippen LogP contribution in [0, 0.1) is 5.41 Å². The van der Waals surface area contributed by atoms with Crippen molar-refractivity contribution in [2.45, 2.75) is 33.8 Å². The van der Waals surface area contributed by atoms with E-state index in [0.29, 0.717) is 0 Å². The van der Waals surface area contributed by atoms with Crippen LogP contribution >= 0.6 is 0 Å². The summed E-state index contributed by atoms with van der Waals surface area (Å²) < 4.78 is 9.37. The zero-order chi connectivity index (χ0) is 12.1. The molecule has 0 aromatic carbocycles. The van der Waals surface area contributed by atoms with E-state index in [1.54, 1.807) is 13.8 Å². The van der Waals surface area contributed by atoms with Crippen LogP contribution in [0.25, 0.3) is 0 Å². The van der Waals surface area contributed by atoms with E-state index < -0.39 is 23.5 Å². The highest BCUT2D eigenvalue weighted by Crippen LogP contribution is 2.23. The molecule has 0 bridgehead atoms. The fourth-order valence-electron chi connectivity index (χ4n) is 0.945. The van der Waals surface area contributed by atoms with Gasteiger partial charge in [-0.1, -0.05) is 0 Å². The van der Waals surface area contributed by atoms with Crippen LogP contribution in [0.5, 0.6) is 0 Å². The molecule has 0 spiro atoms. The Hall–Kier alpha value is -1.10. The molecule has 1 atom stereocenters. The van der Waals surface area contributed by atoms with E-state index in [9.17, 15) is 14.7 Å². The highest BCUT2D eigenvalue weighted by molar-refractivity contribution is 5.86. The largest absolute Gasteiger partial charge is 0.465 e. The molecule has 0 saturated carbocycles. The Morgan fingerprint density at radius 1 is 1.20 bits per heavy atom. The van der Waals surface area contributed by atoms with Crippen molar-refractivity contribution in [1.29, 1.82) is 0 Å². The van der Waals surface area contributed by atoms with E-state index in [4.69, 9.17) is 4.74 Å². The molecule has 0 saturated heterocycles. The summed E-state index contributed by atoms with van der Waals surface area (Å²) in [6, 6.07) is 0. The van der Waals surface area contributed by atoms with Crippen LogP contribution in [0.4, 0.5) is 0 Å². The normalized spacial score (nSPS) is 13.1.